The summed E-state index contributed by atoms with van der Waals surface area (Å²) < 4.78 is 12.9. The van der Waals surface area contributed by atoms with Gasteiger partial charge in [0.1, 0.15) is 5.82 Å². The summed E-state index contributed by atoms with van der Waals surface area (Å²) in [6.07, 6.45) is 0.468. The lowest BCUT2D eigenvalue weighted by atomic mass is 10.0. The number of nitrogens with zero attached hydrogens (tertiary/aromatic N) is 2. The summed E-state index contributed by atoms with van der Waals surface area (Å²) in [6, 6.07) is 8.87. The van der Waals surface area contributed by atoms with Gasteiger partial charge in [-0.1, -0.05) is 12.1 Å². The molecule has 1 aromatic rings. The van der Waals surface area contributed by atoms with Crippen molar-refractivity contribution >= 4 is 0 Å². The lowest BCUT2D eigenvalue weighted by Crippen LogP contribution is -2.39. The Labute approximate surface area is 108 Å². The maximum absolute atomic E-state index is 12.9. The van der Waals surface area contributed by atoms with Gasteiger partial charge in [0.15, 0.2) is 0 Å². The fourth-order valence-electron chi connectivity index (χ4n) is 2.10. The zero-order valence-corrected chi connectivity index (χ0v) is 10.9. The van der Waals surface area contributed by atoms with Crippen molar-refractivity contribution < 1.29 is 4.39 Å². The first kappa shape index (κ1) is 14.6. The van der Waals surface area contributed by atoms with Gasteiger partial charge in [0.05, 0.1) is 6.07 Å². The van der Waals surface area contributed by atoms with E-state index in [9.17, 15) is 4.39 Å². The van der Waals surface area contributed by atoms with Gasteiger partial charge in [-0.05, 0) is 31.5 Å². The Morgan fingerprint density at radius 1 is 1.33 bits per heavy atom. The lowest BCUT2D eigenvalue weighted by molar-refractivity contribution is 0.161. The first-order valence-corrected chi connectivity index (χ1v) is 6.18. The van der Waals surface area contributed by atoms with Crippen LogP contribution in [0.5, 0.6) is 0 Å². The molecule has 0 amide bonds. The molecule has 0 aliphatic carbocycles. The van der Waals surface area contributed by atoms with E-state index in [0.717, 1.165) is 5.56 Å². The summed E-state index contributed by atoms with van der Waals surface area (Å²) in [4.78, 5) is 2.18. The van der Waals surface area contributed by atoms with Crippen LogP contribution in [0.1, 0.15) is 31.9 Å². The molecule has 98 valence electrons. The molecule has 0 radical (unpaired) electrons. The molecule has 18 heavy (non-hydrogen) atoms. The molecule has 0 heterocycles. The molecular weight excluding hydrogens is 229 g/mol. The van der Waals surface area contributed by atoms with Crippen LogP contribution in [0.4, 0.5) is 4.39 Å². The molecule has 0 aromatic heterocycles. The average Bonchev–Trinajstić information content (AvgIpc) is 2.35. The smallest absolute Gasteiger partial charge is 0.123 e. The minimum absolute atomic E-state index is 0.0268. The molecule has 0 saturated heterocycles. The molecule has 3 nitrogen and oxygen atoms in total. The van der Waals surface area contributed by atoms with Crippen LogP contribution in [-0.4, -0.2) is 24.0 Å². The van der Waals surface area contributed by atoms with Crippen LogP contribution in [0, 0.1) is 17.1 Å². The first-order chi connectivity index (χ1) is 8.60. The zero-order valence-electron chi connectivity index (χ0n) is 10.9. The van der Waals surface area contributed by atoms with Crippen LogP contribution >= 0.6 is 0 Å². The Hall–Kier alpha value is -1.44. The summed E-state index contributed by atoms with van der Waals surface area (Å²) in [7, 11) is 0. The number of hydrogen-bond acceptors (Lipinski definition) is 3. The van der Waals surface area contributed by atoms with Crippen molar-refractivity contribution in [3.05, 3.63) is 35.6 Å². The monoisotopic (exact) mass is 249 g/mol. The molecule has 1 unspecified atom stereocenters. The maximum atomic E-state index is 12.9. The second-order valence-electron chi connectivity index (χ2n) is 4.54. The Bertz CT molecular complexity index is 394. The predicted molar refractivity (Wildman–Crippen MR) is 70.3 cm³/mol. The SMILES string of the molecule is CC(C)N(CCC#N)C(CN)c1ccc(F)cc1. The lowest BCUT2D eigenvalue weighted by Gasteiger charge is -2.34. The second-order valence-corrected chi connectivity index (χ2v) is 4.54. The molecule has 1 rings (SSSR count). The number of nitrogens with two attached hydrogens (primary N) is 1. The third-order valence-electron chi connectivity index (χ3n) is 3.02. The van der Waals surface area contributed by atoms with Gasteiger partial charge in [0, 0.05) is 31.6 Å². The van der Waals surface area contributed by atoms with Crippen molar-refractivity contribution in [3.63, 3.8) is 0 Å². The third-order valence-corrected chi connectivity index (χ3v) is 3.02. The van der Waals surface area contributed by atoms with Crippen molar-refractivity contribution in [2.45, 2.75) is 32.4 Å². The van der Waals surface area contributed by atoms with Crippen molar-refractivity contribution in [2.24, 2.45) is 5.73 Å². The molecule has 0 aliphatic rings. The van der Waals surface area contributed by atoms with Crippen molar-refractivity contribution in [3.8, 4) is 6.07 Å². The predicted octanol–water partition coefficient (Wildman–Crippen LogP) is 2.45. The van der Waals surface area contributed by atoms with E-state index in [1.54, 1.807) is 12.1 Å². The van der Waals surface area contributed by atoms with Crippen LogP contribution < -0.4 is 5.73 Å². The van der Waals surface area contributed by atoms with Crippen LogP contribution in [0.15, 0.2) is 24.3 Å². The normalized spacial score (nSPS) is 12.7. The molecule has 2 N–H and O–H groups in total. The Kier molecular flexibility index (Phi) is 5.76. The van der Waals surface area contributed by atoms with E-state index in [0.29, 0.717) is 19.5 Å². The molecule has 0 bridgehead atoms. The Balaban J connectivity index is 2.91. The van der Waals surface area contributed by atoms with E-state index in [4.69, 9.17) is 11.0 Å². The van der Waals surface area contributed by atoms with Crippen LogP contribution in [0.2, 0.25) is 0 Å². The summed E-state index contributed by atoms with van der Waals surface area (Å²) >= 11 is 0. The first-order valence-electron chi connectivity index (χ1n) is 6.18. The molecule has 1 atom stereocenters. The highest BCUT2D eigenvalue weighted by Crippen LogP contribution is 2.22. The minimum Gasteiger partial charge on any atom is -0.329 e. The van der Waals surface area contributed by atoms with Gasteiger partial charge in [0.25, 0.3) is 0 Å². The second kappa shape index (κ2) is 7.10. The highest BCUT2D eigenvalue weighted by Gasteiger charge is 2.21. The molecule has 0 aliphatic heterocycles. The van der Waals surface area contributed by atoms with Crippen LogP contribution in [-0.2, 0) is 0 Å². The van der Waals surface area contributed by atoms with Gasteiger partial charge >= 0.3 is 0 Å². The largest absolute Gasteiger partial charge is 0.329 e. The van der Waals surface area contributed by atoms with Gasteiger partial charge < -0.3 is 5.73 Å². The van der Waals surface area contributed by atoms with Crippen molar-refractivity contribution in [1.82, 2.24) is 4.90 Å². The summed E-state index contributed by atoms with van der Waals surface area (Å²) in [5, 5.41) is 8.70. The quantitative estimate of drug-likeness (QED) is 0.842. The van der Waals surface area contributed by atoms with E-state index in [2.05, 4.69) is 24.8 Å². The summed E-state index contributed by atoms with van der Waals surface area (Å²) in [6.45, 7) is 5.27. The highest BCUT2D eigenvalue weighted by atomic mass is 19.1. The molecule has 4 heteroatoms. The van der Waals surface area contributed by atoms with E-state index < -0.39 is 0 Å². The van der Waals surface area contributed by atoms with Crippen molar-refractivity contribution in [1.29, 1.82) is 5.26 Å². The zero-order chi connectivity index (χ0) is 13.5. The third kappa shape index (κ3) is 3.80. The van der Waals surface area contributed by atoms with Gasteiger partial charge in [-0.2, -0.15) is 5.26 Å². The topological polar surface area (TPSA) is 53.0 Å². The molecular formula is C14H20FN3. The van der Waals surface area contributed by atoms with Gasteiger partial charge in [-0.3, -0.25) is 4.90 Å². The number of nitriles is 1. The molecule has 0 fully saturated rings. The van der Waals surface area contributed by atoms with E-state index in [1.165, 1.54) is 12.1 Å². The standard InChI is InChI=1S/C14H20FN3/c1-11(2)18(9-3-8-16)14(10-17)12-4-6-13(15)7-5-12/h4-7,11,14H,3,9-10,17H2,1-2H3. The average molecular weight is 249 g/mol. The van der Waals surface area contributed by atoms with E-state index in [1.807, 2.05) is 0 Å². The minimum atomic E-state index is -0.248. The summed E-state index contributed by atoms with van der Waals surface area (Å²) in [5.41, 5.74) is 6.83. The molecule has 0 saturated carbocycles. The van der Waals surface area contributed by atoms with Gasteiger partial charge in [-0.25, -0.2) is 4.39 Å². The highest BCUT2D eigenvalue weighted by molar-refractivity contribution is 5.20. The molecule has 0 spiro atoms. The van der Waals surface area contributed by atoms with E-state index >= 15 is 0 Å². The Morgan fingerprint density at radius 3 is 2.39 bits per heavy atom. The van der Waals surface area contributed by atoms with Crippen molar-refractivity contribution in [2.75, 3.05) is 13.1 Å². The van der Waals surface area contributed by atoms with Crippen LogP contribution in [0.3, 0.4) is 0 Å². The number of benzene rings is 1. The van der Waals surface area contributed by atoms with Crippen LogP contribution in [0.25, 0.3) is 0 Å². The van der Waals surface area contributed by atoms with Gasteiger partial charge in [-0.15, -0.1) is 0 Å². The maximum Gasteiger partial charge on any atom is 0.123 e. The fourth-order valence-corrected chi connectivity index (χ4v) is 2.10. The van der Waals surface area contributed by atoms with Gasteiger partial charge in [0.2, 0.25) is 0 Å². The number of rotatable bonds is 6. The Morgan fingerprint density at radius 2 is 1.94 bits per heavy atom. The van der Waals surface area contributed by atoms with E-state index in [-0.39, 0.29) is 17.9 Å². The number of hydrogen-bond donors (Lipinski definition) is 1. The molecule has 1 aromatic carbocycles. The summed E-state index contributed by atoms with van der Waals surface area (Å²) in [5.74, 6) is -0.248. The number of halogens is 1. The fraction of sp³-hybridized carbons (Fsp3) is 0.500.